The average molecular weight is 606 g/mol. The van der Waals surface area contributed by atoms with Crippen molar-refractivity contribution in [2.24, 2.45) is 11.3 Å². The molecule has 1 aliphatic carbocycles. The molecule has 0 aromatic carbocycles. The van der Waals surface area contributed by atoms with Crippen LogP contribution in [0.3, 0.4) is 0 Å². The lowest BCUT2D eigenvalue weighted by Crippen LogP contribution is -2.42. The van der Waals surface area contributed by atoms with Crippen molar-refractivity contribution in [1.29, 1.82) is 5.26 Å². The van der Waals surface area contributed by atoms with E-state index in [4.69, 9.17) is 24.2 Å². The molecule has 2 aromatic rings. The van der Waals surface area contributed by atoms with E-state index >= 15 is 0 Å². The Labute approximate surface area is 263 Å². The van der Waals surface area contributed by atoms with E-state index in [9.17, 15) is 10.1 Å². The monoisotopic (exact) mass is 605 g/mol. The minimum Gasteiger partial charge on any atom is -0.458 e. The standard InChI is InChI=1S/C35H51N5O4/c1-24-20-37-29(19-30(24)31-8-7-9-32(40-31)38-23-35(22-36)14-16-42-17-15-35)18-27-10-12-28(13-11-27)39-25(2)21-43-26(3)33(41)44-34(4,5)6/h7-9,19-20,25-28,39H,10-18,21,23H2,1-6H3,(H,38,40)/t25-,26+,27?,28?/m1/s1. The van der Waals surface area contributed by atoms with Crippen LogP contribution in [0.5, 0.6) is 0 Å². The van der Waals surface area contributed by atoms with Crippen molar-refractivity contribution in [3.05, 3.63) is 41.7 Å². The Bertz CT molecular complexity index is 1270. The first-order valence-electron chi connectivity index (χ1n) is 16.2. The van der Waals surface area contributed by atoms with Gasteiger partial charge in [-0.3, -0.25) is 4.98 Å². The summed E-state index contributed by atoms with van der Waals surface area (Å²) in [6, 6.07) is 11.3. The summed E-state index contributed by atoms with van der Waals surface area (Å²) in [5, 5.41) is 16.9. The van der Waals surface area contributed by atoms with Crippen LogP contribution in [0.2, 0.25) is 0 Å². The fraction of sp³-hybridized carbons (Fsp3) is 0.657. The van der Waals surface area contributed by atoms with E-state index in [0.717, 1.165) is 73.3 Å². The third kappa shape index (κ3) is 9.98. The lowest BCUT2D eigenvalue weighted by atomic mass is 9.82. The van der Waals surface area contributed by atoms with E-state index in [0.29, 0.717) is 38.3 Å². The maximum absolute atomic E-state index is 12.2. The quantitative estimate of drug-likeness (QED) is 0.280. The lowest BCUT2D eigenvalue weighted by Gasteiger charge is -2.31. The zero-order valence-corrected chi connectivity index (χ0v) is 27.4. The fourth-order valence-corrected chi connectivity index (χ4v) is 6.01. The number of aryl methyl sites for hydroxylation is 1. The molecule has 0 spiro atoms. The number of rotatable bonds is 12. The molecular formula is C35H51N5O4. The van der Waals surface area contributed by atoms with Gasteiger partial charge in [0.1, 0.15) is 11.4 Å². The number of anilines is 1. The molecule has 0 amide bonds. The molecule has 0 radical (unpaired) electrons. The lowest BCUT2D eigenvalue weighted by molar-refractivity contribution is -0.167. The summed E-state index contributed by atoms with van der Waals surface area (Å²) in [5.41, 5.74) is 3.30. The molecule has 2 fully saturated rings. The predicted molar refractivity (Wildman–Crippen MR) is 172 cm³/mol. The highest BCUT2D eigenvalue weighted by Gasteiger charge is 2.32. The van der Waals surface area contributed by atoms with E-state index in [2.05, 4.69) is 36.6 Å². The highest BCUT2D eigenvalue weighted by Crippen LogP contribution is 2.31. The second kappa shape index (κ2) is 15.3. The number of ether oxygens (including phenoxy) is 3. The van der Waals surface area contributed by atoms with Gasteiger partial charge in [-0.05, 0) is 116 Å². The van der Waals surface area contributed by atoms with Crippen molar-refractivity contribution in [3.63, 3.8) is 0 Å². The Kier molecular flexibility index (Phi) is 11.8. The summed E-state index contributed by atoms with van der Waals surface area (Å²) in [7, 11) is 0. The Morgan fingerprint density at radius 2 is 1.91 bits per heavy atom. The number of nitrogens with zero attached hydrogens (tertiary/aromatic N) is 3. The van der Waals surface area contributed by atoms with Crippen molar-refractivity contribution in [2.45, 2.75) is 110 Å². The minimum atomic E-state index is -0.581. The van der Waals surface area contributed by atoms with E-state index in [1.165, 1.54) is 0 Å². The Morgan fingerprint density at radius 1 is 1.18 bits per heavy atom. The first-order valence-corrected chi connectivity index (χ1v) is 16.2. The van der Waals surface area contributed by atoms with Crippen molar-refractivity contribution in [2.75, 3.05) is 31.7 Å². The fourth-order valence-electron chi connectivity index (χ4n) is 6.01. The maximum atomic E-state index is 12.2. The van der Waals surface area contributed by atoms with Gasteiger partial charge < -0.3 is 24.8 Å². The number of nitrogens with one attached hydrogen (secondary N) is 2. The summed E-state index contributed by atoms with van der Waals surface area (Å²) >= 11 is 0. The highest BCUT2D eigenvalue weighted by molar-refractivity contribution is 5.74. The number of esters is 1. The van der Waals surface area contributed by atoms with Crippen molar-refractivity contribution in [1.82, 2.24) is 15.3 Å². The number of pyridine rings is 2. The van der Waals surface area contributed by atoms with Gasteiger partial charge in [-0.1, -0.05) is 6.07 Å². The number of carbonyl (C=O) groups is 1. The molecule has 9 heteroatoms. The smallest absolute Gasteiger partial charge is 0.335 e. The minimum absolute atomic E-state index is 0.155. The number of aromatic nitrogens is 2. The highest BCUT2D eigenvalue weighted by atomic mass is 16.6. The number of nitriles is 1. The van der Waals surface area contributed by atoms with Gasteiger partial charge in [0.15, 0.2) is 6.10 Å². The van der Waals surface area contributed by atoms with E-state index in [1.807, 2.05) is 45.2 Å². The third-order valence-electron chi connectivity index (χ3n) is 8.68. The zero-order chi connectivity index (χ0) is 31.7. The molecule has 4 rings (SSSR count). The molecule has 2 N–H and O–H groups in total. The van der Waals surface area contributed by atoms with Crippen LogP contribution >= 0.6 is 0 Å². The van der Waals surface area contributed by atoms with Crippen LogP contribution in [-0.2, 0) is 25.4 Å². The molecule has 1 saturated carbocycles. The molecule has 44 heavy (non-hydrogen) atoms. The molecular weight excluding hydrogens is 554 g/mol. The van der Waals surface area contributed by atoms with Gasteiger partial charge in [0, 0.05) is 49.3 Å². The van der Waals surface area contributed by atoms with Crippen molar-refractivity contribution >= 4 is 11.8 Å². The average Bonchev–Trinajstić information content (AvgIpc) is 3.00. The van der Waals surface area contributed by atoms with Crippen LogP contribution in [-0.4, -0.2) is 66.1 Å². The summed E-state index contributed by atoms with van der Waals surface area (Å²) in [5.74, 6) is 1.06. The van der Waals surface area contributed by atoms with E-state index < -0.39 is 17.1 Å². The molecule has 9 nitrogen and oxygen atoms in total. The summed E-state index contributed by atoms with van der Waals surface area (Å²) in [4.78, 5) is 21.9. The SMILES string of the molecule is Cc1cnc(CC2CCC(N[C@H](C)CO[C@@H](C)C(=O)OC(C)(C)C)CC2)cc1-c1cccc(NCC2(C#N)CCOCC2)n1. The second-order valence-electron chi connectivity index (χ2n) is 13.8. The van der Waals surface area contributed by atoms with E-state index in [1.54, 1.807) is 6.92 Å². The molecule has 2 atom stereocenters. The van der Waals surface area contributed by atoms with Crippen LogP contribution in [0.4, 0.5) is 5.82 Å². The second-order valence-corrected chi connectivity index (χ2v) is 13.8. The van der Waals surface area contributed by atoms with Crippen LogP contribution in [0.25, 0.3) is 11.3 Å². The molecule has 1 aliphatic heterocycles. The molecule has 3 heterocycles. The largest absolute Gasteiger partial charge is 0.458 e. The Morgan fingerprint density at radius 3 is 2.59 bits per heavy atom. The third-order valence-corrected chi connectivity index (χ3v) is 8.68. The molecule has 240 valence electrons. The van der Waals surface area contributed by atoms with Crippen LogP contribution in [0, 0.1) is 29.6 Å². The zero-order valence-electron chi connectivity index (χ0n) is 27.4. The van der Waals surface area contributed by atoms with Crippen LogP contribution in [0.15, 0.2) is 30.5 Å². The first kappa shape index (κ1) is 33.8. The van der Waals surface area contributed by atoms with Crippen LogP contribution in [0.1, 0.15) is 84.4 Å². The number of hydrogen-bond donors (Lipinski definition) is 2. The van der Waals surface area contributed by atoms with Gasteiger partial charge in [0.25, 0.3) is 0 Å². The van der Waals surface area contributed by atoms with Gasteiger partial charge in [0.05, 0.1) is 23.8 Å². The summed E-state index contributed by atoms with van der Waals surface area (Å²) in [6.07, 6.45) is 8.34. The van der Waals surface area contributed by atoms with Crippen molar-refractivity contribution in [3.8, 4) is 17.3 Å². The molecule has 1 saturated heterocycles. The first-order chi connectivity index (χ1) is 20.9. The van der Waals surface area contributed by atoms with Crippen molar-refractivity contribution < 1.29 is 19.0 Å². The van der Waals surface area contributed by atoms with Gasteiger partial charge in [-0.2, -0.15) is 5.26 Å². The number of carbonyl (C=O) groups excluding carboxylic acids is 1. The predicted octanol–water partition coefficient (Wildman–Crippen LogP) is 6.01. The van der Waals surface area contributed by atoms with Crippen LogP contribution < -0.4 is 10.6 Å². The maximum Gasteiger partial charge on any atom is 0.335 e. The molecule has 2 aliphatic rings. The van der Waals surface area contributed by atoms with E-state index in [-0.39, 0.29) is 12.0 Å². The summed E-state index contributed by atoms with van der Waals surface area (Å²) in [6.45, 7) is 13.8. The Hall–Kier alpha value is -3.06. The van der Waals surface area contributed by atoms with Gasteiger partial charge >= 0.3 is 5.97 Å². The Balaban J connectivity index is 1.26. The normalized spacial score (nSPS) is 21.6. The molecule has 2 aromatic heterocycles. The van der Waals surface area contributed by atoms with Gasteiger partial charge in [-0.15, -0.1) is 0 Å². The summed E-state index contributed by atoms with van der Waals surface area (Å²) < 4.78 is 16.7. The van der Waals surface area contributed by atoms with Gasteiger partial charge in [0.2, 0.25) is 0 Å². The van der Waals surface area contributed by atoms with Gasteiger partial charge in [-0.25, -0.2) is 9.78 Å². The number of hydrogen-bond acceptors (Lipinski definition) is 9. The topological polar surface area (TPSA) is 118 Å². The molecule has 0 bridgehead atoms. The molecule has 0 unspecified atom stereocenters.